The molecule has 1 heterocycles. The average Bonchev–Trinajstić information content (AvgIpc) is 2.96. The van der Waals surface area contributed by atoms with Crippen molar-refractivity contribution in [2.75, 3.05) is 50.2 Å². The summed E-state index contributed by atoms with van der Waals surface area (Å²) in [6.45, 7) is 2.70. The van der Waals surface area contributed by atoms with Crippen LogP contribution in [0, 0.1) is 11.8 Å². The zero-order chi connectivity index (χ0) is 26.9. The Morgan fingerprint density at radius 3 is 2.53 bits per heavy atom. The van der Waals surface area contributed by atoms with E-state index in [9.17, 15) is 14.7 Å². The first-order valence-electron chi connectivity index (χ1n) is 14.4. The Labute approximate surface area is 226 Å². The van der Waals surface area contributed by atoms with Gasteiger partial charge in [0.1, 0.15) is 11.4 Å². The van der Waals surface area contributed by atoms with Crippen LogP contribution in [0.2, 0.25) is 0 Å². The second kappa shape index (κ2) is 14.2. The standard InChI is InChI=1S/C30H45N3O5/c1-37-16-9-17-38-30(22-12-6-3-7-13-22)23-14-8-15-33(20-23)27-26(28(35)29(27)36)32-24(25(34)19-31)18-21-10-4-2-5-11-21/h3,6-7,12-13,21,23-25,30,32,34H,2,4-5,8-11,14-20,31H2,1H3/t23-,24+,25-,30+/m1/s1. The molecule has 4 atom stereocenters. The summed E-state index contributed by atoms with van der Waals surface area (Å²) in [5, 5.41) is 14.0. The topological polar surface area (TPSA) is 114 Å². The van der Waals surface area contributed by atoms with Gasteiger partial charge in [0, 0.05) is 45.9 Å². The van der Waals surface area contributed by atoms with Crippen LogP contribution in [0.1, 0.15) is 69.5 Å². The van der Waals surface area contributed by atoms with Crippen molar-refractivity contribution >= 4 is 11.4 Å². The van der Waals surface area contributed by atoms with Crippen molar-refractivity contribution in [1.29, 1.82) is 0 Å². The second-order valence-corrected chi connectivity index (χ2v) is 11.1. The summed E-state index contributed by atoms with van der Waals surface area (Å²) in [5.41, 5.74) is 6.83. The highest BCUT2D eigenvalue weighted by atomic mass is 16.5. The highest BCUT2D eigenvalue weighted by Crippen LogP contribution is 2.36. The van der Waals surface area contributed by atoms with Crippen LogP contribution in [0.5, 0.6) is 0 Å². The molecule has 2 aromatic carbocycles. The van der Waals surface area contributed by atoms with E-state index in [0.29, 0.717) is 43.6 Å². The fourth-order valence-corrected chi connectivity index (χ4v) is 6.28. The van der Waals surface area contributed by atoms with E-state index in [2.05, 4.69) is 22.3 Å². The Kier molecular flexibility index (Phi) is 10.8. The zero-order valence-corrected chi connectivity index (χ0v) is 22.8. The monoisotopic (exact) mass is 527 g/mol. The Balaban J connectivity index is 1.50. The fourth-order valence-electron chi connectivity index (χ4n) is 6.28. The number of aliphatic hydroxyl groups excluding tert-OH is 1. The van der Waals surface area contributed by atoms with Gasteiger partial charge in [-0.3, -0.25) is 9.59 Å². The summed E-state index contributed by atoms with van der Waals surface area (Å²) in [7, 11) is 1.69. The van der Waals surface area contributed by atoms with Crippen LogP contribution in [0.3, 0.4) is 0 Å². The third-order valence-corrected chi connectivity index (χ3v) is 8.35. The molecule has 0 aromatic heterocycles. The van der Waals surface area contributed by atoms with E-state index in [1.807, 2.05) is 18.2 Å². The maximum atomic E-state index is 12.9. The Morgan fingerprint density at radius 1 is 1.05 bits per heavy atom. The second-order valence-electron chi connectivity index (χ2n) is 11.1. The first-order chi connectivity index (χ1) is 18.5. The van der Waals surface area contributed by atoms with Gasteiger partial charge in [0.05, 0.1) is 18.2 Å². The first-order valence-corrected chi connectivity index (χ1v) is 14.4. The van der Waals surface area contributed by atoms with Crippen LogP contribution >= 0.6 is 0 Å². The molecule has 2 aliphatic rings. The summed E-state index contributed by atoms with van der Waals surface area (Å²) in [5.74, 6) is 0.678. The molecule has 4 rings (SSSR count). The number of nitrogens with zero attached hydrogens (tertiary/aromatic N) is 1. The van der Waals surface area contributed by atoms with Crippen molar-refractivity contribution in [3.05, 3.63) is 56.3 Å². The number of nitrogens with one attached hydrogen (secondary N) is 1. The lowest BCUT2D eigenvalue weighted by atomic mass is 9.83. The minimum Gasteiger partial charge on any atom is -0.390 e. The normalized spacial score (nSPS) is 21.3. The molecule has 38 heavy (non-hydrogen) atoms. The van der Waals surface area contributed by atoms with Crippen LogP contribution in [0.25, 0.3) is 0 Å². The molecule has 210 valence electrons. The summed E-state index contributed by atoms with van der Waals surface area (Å²) in [4.78, 5) is 27.7. The van der Waals surface area contributed by atoms with E-state index in [4.69, 9.17) is 15.2 Å². The zero-order valence-electron chi connectivity index (χ0n) is 22.8. The molecule has 4 N–H and O–H groups in total. The van der Waals surface area contributed by atoms with Gasteiger partial charge in [0.2, 0.25) is 0 Å². The quantitative estimate of drug-likeness (QED) is 0.253. The molecule has 0 unspecified atom stereocenters. The number of rotatable bonds is 14. The maximum absolute atomic E-state index is 12.9. The number of nitrogens with two attached hydrogens (primary N) is 1. The Hall–Kier alpha value is -2.26. The van der Waals surface area contributed by atoms with Crippen LogP contribution < -0.4 is 26.8 Å². The molecule has 8 heteroatoms. The van der Waals surface area contributed by atoms with Gasteiger partial charge < -0.3 is 30.5 Å². The molecule has 0 radical (unpaired) electrons. The number of piperidine rings is 1. The number of anilines is 2. The van der Waals surface area contributed by atoms with Gasteiger partial charge in [-0.25, -0.2) is 0 Å². The lowest BCUT2D eigenvalue weighted by Gasteiger charge is -2.39. The van der Waals surface area contributed by atoms with Crippen molar-refractivity contribution in [2.24, 2.45) is 17.6 Å². The maximum Gasteiger partial charge on any atom is 0.253 e. The van der Waals surface area contributed by atoms with Crippen LogP contribution in [0.15, 0.2) is 39.9 Å². The molecule has 2 fully saturated rings. The predicted molar refractivity (Wildman–Crippen MR) is 152 cm³/mol. The van der Waals surface area contributed by atoms with Gasteiger partial charge in [-0.2, -0.15) is 0 Å². The molecule has 0 bridgehead atoms. The summed E-state index contributed by atoms with van der Waals surface area (Å²) in [6.07, 6.45) is 8.51. The summed E-state index contributed by atoms with van der Waals surface area (Å²) in [6, 6.07) is 9.89. The highest BCUT2D eigenvalue weighted by Gasteiger charge is 2.35. The number of aliphatic hydroxyl groups is 1. The fraction of sp³-hybridized carbons (Fsp3) is 0.667. The van der Waals surface area contributed by atoms with Crippen LogP contribution in [0.4, 0.5) is 11.4 Å². The van der Waals surface area contributed by atoms with E-state index >= 15 is 0 Å². The van der Waals surface area contributed by atoms with E-state index in [0.717, 1.165) is 44.1 Å². The molecular formula is C30H45N3O5. The number of methoxy groups -OCH3 is 1. The molecule has 8 nitrogen and oxygen atoms in total. The highest BCUT2D eigenvalue weighted by molar-refractivity contribution is 5.75. The van der Waals surface area contributed by atoms with E-state index in [1.165, 1.54) is 19.3 Å². The van der Waals surface area contributed by atoms with Crippen molar-refractivity contribution in [1.82, 2.24) is 0 Å². The summed E-state index contributed by atoms with van der Waals surface area (Å²) < 4.78 is 11.6. The Morgan fingerprint density at radius 2 is 1.82 bits per heavy atom. The third-order valence-electron chi connectivity index (χ3n) is 8.35. The number of benzene rings is 1. The first kappa shape index (κ1) is 28.7. The van der Waals surface area contributed by atoms with Crippen LogP contribution in [-0.4, -0.2) is 57.2 Å². The minimum atomic E-state index is -0.772. The van der Waals surface area contributed by atoms with Gasteiger partial charge in [0.25, 0.3) is 10.9 Å². The van der Waals surface area contributed by atoms with Gasteiger partial charge in [-0.1, -0.05) is 62.4 Å². The number of hydrogen-bond acceptors (Lipinski definition) is 8. The summed E-state index contributed by atoms with van der Waals surface area (Å²) >= 11 is 0. The van der Waals surface area contributed by atoms with Crippen molar-refractivity contribution in [2.45, 2.75) is 76.0 Å². The molecule has 2 aromatic rings. The van der Waals surface area contributed by atoms with E-state index in [-0.39, 0.29) is 24.6 Å². The van der Waals surface area contributed by atoms with Crippen molar-refractivity contribution in [3.8, 4) is 0 Å². The lowest BCUT2D eigenvalue weighted by Crippen LogP contribution is -2.50. The number of hydrogen-bond donors (Lipinski definition) is 3. The molecule has 1 saturated heterocycles. The van der Waals surface area contributed by atoms with Gasteiger partial charge in [-0.15, -0.1) is 0 Å². The lowest BCUT2D eigenvalue weighted by molar-refractivity contribution is -0.00235. The SMILES string of the molecule is COCCCO[C@@H](c1ccccc1)[C@@H]1CCCN(c2c(N[C@@H](CC3CCCCC3)[C@H](O)CN)c(=O)c2=O)C1. The molecule has 0 amide bonds. The molecule has 0 spiro atoms. The Bertz CT molecular complexity index is 1050. The smallest absolute Gasteiger partial charge is 0.253 e. The van der Waals surface area contributed by atoms with Crippen molar-refractivity contribution in [3.63, 3.8) is 0 Å². The molecule has 1 saturated carbocycles. The van der Waals surface area contributed by atoms with E-state index in [1.54, 1.807) is 7.11 Å². The van der Waals surface area contributed by atoms with E-state index < -0.39 is 17.0 Å². The van der Waals surface area contributed by atoms with Crippen molar-refractivity contribution < 1.29 is 14.6 Å². The number of ether oxygens (including phenoxy) is 2. The minimum absolute atomic E-state index is 0.100. The molecular weight excluding hydrogens is 482 g/mol. The third kappa shape index (κ3) is 7.03. The van der Waals surface area contributed by atoms with Crippen LogP contribution in [-0.2, 0) is 9.47 Å². The van der Waals surface area contributed by atoms with Gasteiger partial charge in [-0.05, 0) is 37.2 Å². The largest absolute Gasteiger partial charge is 0.390 e. The van der Waals surface area contributed by atoms with Gasteiger partial charge >= 0.3 is 0 Å². The average molecular weight is 528 g/mol. The molecule has 1 aliphatic heterocycles. The predicted octanol–water partition coefficient (Wildman–Crippen LogP) is 3.36. The van der Waals surface area contributed by atoms with Gasteiger partial charge in [0.15, 0.2) is 0 Å². The molecule has 1 aliphatic carbocycles.